The van der Waals surface area contributed by atoms with Gasteiger partial charge in [-0.3, -0.25) is 14.0 Å². The monoisotopic (exact) mass is 412 g/mol. The molecule has 0 saturated heterocycles. The summed E-state index contributed by atoms with van der Waals surface area (Å²) in [7, 11) is 1.79. The van der Waals surface area contributed by atoms with Crippen LogP contribution >= 0.6 is 22.7 Å². The number of thiazole rings is 1. The van der Waals surface area contributed by atoms with Gasteiger partial charge in [0.25, 0.3) is 11.8 Å². The minimum Gasteiger partial charge on any atom is -0.347 e. The lowest BCUT2D eigenvalue weighted by molar-refractivity contribution is 0.0754. The molecule has 0 aliphatic heterocycles. The number of nitrogens with one attached hydrogen (secondary N) is 1. The van der Waals surface area contributed by atoms with Crippen LogP contribution in [-0.2, 0) is 6.54 Å². The van der Waals surface area contributed by atoms with Crippen LogP contribution in [0.1, 0.15) is 39.4 Å². The molecule has 0 atom stereocenters. The predicted octanol–water partition coefficient (Wildman–Crippen LogP) is 4.02. The van der Waals surface area contributed by atoms with Crippen molar-refractivity contribution >= 4 is 49.8 Å². The third-order valence-corrected chi connectivity index (χ3v) is 6.49. The number of fused-ring (bicyclic) bond motifs is 3. The molecule has 28 heavy (non-hydrogen) atoms. The van der Waals surface area contributed by atoms with E-state index in [-0.39, 0.29) is 17.9 Å². The molecule has 3 heterocycles. The highest BCUT2D eigenvalue weighted by Crippen LogP contribution is 2.28. The molecule has 0 spiro atoms. The first-order valence-corrected chi connectivity index (χ1v) is 10.6. The zero-order valence-corrected chi connectivity index (χ0v) is 17.4. The average Bonchev–Trinajstić information content (AvgIpc) is 3.37. The number of hydrogen-bond acceptors (Lipinski definition) is 5. The summed E-state index contributed by atoms with van der Waals surface area (Å²) < 4.78 is 2.00. The van der Waals surface area contributed by atoms with Crippen molar-refractivity contribution in [2.75, 3.05) is 7.05 Å². The van der Waals surface area contributed by atoms with E-state index in [1.807, 2.05) is 48.0 Å². The number of thiophene rings is 1. The lowest BCUT2D eigenvalue weighted by Gasteiger charge is -2.21. The summed E-state index contributed by atoms with van der Waals surface area (Å²) in [5.74, 6) is -0.126. The van der Waals surface area contributed by atoms with Crippen LogP contribution in [0, 0.1) is 0 Å². The Kier molecular flexibility index (Phi) is 4.91. The fourth-order valence-electron chi connectivity index (χ4n) is 2.83. The molecular weight excluding hydrogens is 392 g/mol. The molecule has 2 amide bonds. The van der Waals surface area contributed by atoms with E-state index in [1.165, 1.54) is 11.3 Å². The zero-order valence-electron chi connectivity index (χ0n) is 15.8. The largest absolute Gasteiger partial charge is 0.347 e. The summed E-state index contributed by atoms with van der Waals surface area (Å²) >= 11 is 2.97. The summed E-state index contributed by atoms with van der Waals surface area (Å²) in [6.07, 6.45) is 1.96. The number of carbonyl (C=O) groups excluding carboxylic acids is 2. The first kappa shape index (κ1) is 18.6. The minimum atomic E-state index is -0.119. The molecule has 144 valence electrons. The maximum absolute atomic E-state index is 12.5. The number of carbonyl (C=O) groups is 2. The van der Waals surface area contributed by atoms with Crippen molar-refractivity contribution in [2.24, 2.45) is 0 Å². The van der Waals surface area contributed by atoms with Gasteiger partial charge in [0.05, 0.1) is 10.4 Å². The van der Waals surface area contributed by atoms with Crippen molar-refractivity contribution in [3.05, 3.63) is 57.9 Å². The molecule has 6 nitrogen and oxygen atoms in total. The molecular formula is C20H20N4O2S2. The van der Waals surface area contributed by atoms with Gasteiger partial charge in [0.1, 0.15) is 4.83 Å². The first-order chi connectivity index (χ1) is 13.4. The molecule has 4 aromatic rings. The number of hydrogen-bond donors (Lipinski definition) is 1. The lowest BCUT2D eigenvalue weighted by Crippen LogP contribution is -2.32. The van der Waals surface area contributed by atoms with Crippen molar-refractivity contribution in [3.63, 3.8) is 0 Å². The van der Waals surface area contributed by atoms with Gasteiger partial charge in [0, 0.05) is 36.8 Å². The van der Waals surface area contributed by atoms with Crippen molar-refractivity contribution in [3.8, 4) is 0 Å². The molecule has 0 fully saturated rings. The standard InChI is InChI=1S/C20H20N4O2S2/c1-12(2)23(3)19(26)14-6-4-13(5-7-14)11-21-17(25)16-10-15-18(28-16)22-20-24(15)8-9-27-20/h4-10,12H,11H2,1-3H3,(H,21,25). The summed E-state index contributed by atoms with van der Waals surface area (Å²) in [6.45, 7) is 4.37. The Morgan fingerprint density at radius 1 is 1.25 bits per heavy atom. The highest BCUT2D eigenvalue weighted by molar-refractivity contribution is 7.21. The SMILES string of the molecule is CC(C)N(C)C(=O)c1ccc(CNC(=O)c2cc3c(nc4sccn43)s2)cc1. The molecule has 0 saturated carbocycles. The van der Waals surface area contributed by atoms with E-state index < -0.39 is 0 Å². The Labute approximate surface area is 170 Å². The number of imidazole rings is 1. The normalized spacial score (nSPS) is 11.4. The molecule has 1 N–H and O–H groups in total. The molecule has 0 unspecified atom stereocenters. The molecule has 1 aromatic carbocycles. The van der Waals surface area contributed by atoms with Crippen LogP contribution in [0.4, 0.5) is 0 Å². The van der Waals surface area contributed by atoms with Crippen LogP contribution in [0.25, 0.3) is 15.3 Å². The summed E-state index contributed by atoms with van der Waals surface area (Å²) in [6, 6.07) is 9.38. The zero-order chi connectivity index (χ0) is 19.8. The molecule has 4 rings (SSSR count). The Morgan fingerprint density at radius 2 is 2.00 bits per heavy atom. The van der Waals surface area contributed by atoms with Crippen LogP contribution in [0.15, 0.2) is 41.9 Å². The fourth-order valence-corrected chi connectivity index (χ4v) is 4.55. The Bertz CT molecular complexity index is 1150. The second-order valence-electron chi connectivity index (χ2n) is 6.86. The van der Waals surface area contributed by atoms with Gasteiger partial charge in [-0.25, -0.2) is 4.98 Å². The van der Waals surface area contributed by atoms with Crippen LogP contribution < -0.4 is 5.32 Å². The third kappa shape index (κ3) is 3.41. The second kappa shape index (κ2) is 7.37. The number of benzene rings is 1. The number of amides is 2. The van der Waals surface area contributed by atoms with E-state index in [1.54, 1.807) is 35.4 Å². The van der Waals surface area contributed by atoms with Gasteiger partial charge in [-0.2, -0.15) is 0 Å². The smallest absolute Gasteiger partial charge is 0.261 e. The van der Waals surface area contributed by atoms with E-state index in [0.717, 1.165) is 20.9 Å². The highest BCUT2D eigenvalue weighted by Gasteiger charge is 2.16. The maximum atomic E-state index is 12.5. The van der Waals surface area contributed by atoms with Gasteiger partial charge in [-0.15, -0.1) is 22.7 Å². The maximum Gasteiger partial charge on any atom is 0.261 e. The van der Waals surface area contributed by atoms with Crippen molar-refractivity contribution in [1.82, 2.24) is 19.6 Å². The van der Waals surface area contributed by atoms with Gasteiger partial charge in [-0.1, -0.05) is 12.1 Å². The minimum absolute atomic E-state index is 0.00673. The van der Waals surface area contributed by atoms with Gasteiger partial charge in [0.15, 0.2) is 4.96 Å². The third-order valence-electron chi connectivity index (χ3n) is 4.71. The lowest BCUT2D eigenvalue weighted by atomic mass is 10.1. The van der Waals surface area contributed by atoms with Crippen LogP contribution in [0.3, 0.4) is 0 Å². The van der Waals surface area contributed by atoms with Crippen LogP contribution in [0.5, 0.6) is 0 Å². The molecule has 0 aliphatic rings. The quantitative estimate of drug-likeness (QED) is 0.538. The van der Waals surface area contributed by atoms with Gasteiger partial charge in [-0.05, 0) is 37.6 Å². The first-order valence-electron chi connectivity index (χ1n) is 8.93. The van der Waals surface area contributed by atoms with Gasteiger partial charge >= 0.3 is 0 Å². The highest BCUT2D eigenvalue weighted by atomic mass is 32.1. The van der Waals surface area contributed by atoms with Crippen LogP contribution in [0.2, 0.25) is 0 Å². The Morgan fingerprint density at radius 3 is 2.71 bits per heavy atom. The Hall–Kier alpha value is -2.71. The van der Waals surface area contributed by atoms with Crippen molar-refractivity contribution in [2.45, 2.75) is 26.4 Å². The van der Waals surface area contributed by atoms with E-state index in [4.69, 9.17) is 0 Å². The molecule has 8 heteroatoms. The molecule has 0 bridgehead atoms. The van der Waals surface area contributed by atoms with Gasteiger partial charge < -0.3 is 10.2 Å². The van der Waals surface area contributed by atoms with Crippen LogP contribution in [-0.4, -0.2) is 39.2 Å². The Balaban J connectivity index is 1.41. The molecule has 3 aromatic heterocycles. The number of rotatable bonds is 5. The summed E-state index contributed by atoms with van der Waals surface area (Å²) in [5.41, 5.74) is 2.55. The number of aromatic nitrogens is 2. The average molecular weight is 413 g/mol. The van der Waals surface area contributed by atoms with E-state index in [2.05, 4.69) is 10.3 Å². The fraction of sp³-hybridized carbons (Fsp3) is 0.250. The second-order valence-corrected chi connectivity index (χ2v) is 8.76. The summed E-state index contributed by atoms with van der Waals surface area (Å²) in [5, 5.41) is 4.92. The van der Waals surface area contributed by atoms with Crippen molar-refractivity contribution < 1.29 is 9.59 Å². The van der Waals surface area contributed by atoms with Crippen molar-refractivity contribution in [1.29, 1.82) is 0 Å². The van der Waals surface area contributed by atoms with Gasteiger partial charge in [0.2, 0.25) is 0 Å². The van der Waals surface area contributed by atoms with E-state index in [9.17, 15) is 9.59 Å². The van der Waals surface area contributed by atoms with E-state index >= 15 is 0 Å². The van der Waals surface area contributed by atoms with E-state index in [0.29, 0.717) is 17.0 Å². The summed E-state index contributed by atoms with van der Waals surface area (Å²) in [4.78, 5) is 33.5. The number of nitrogens with zero attached hydrogens (tertiary/aromatic N) is 3. The molecule has 0 radical (unpaired) electrons. The predicted molar refractivity (Wildman–Crippen MR) is 113 cm³/mol. The molecule has 0 aliphatic carbocycles. The topological polar surface area (TPSA) is 66.7 Å².